The molecule has 0 aliphatic heterocycles. The Kier molecular flexibility index (Phi) is 7.58. The number of hydrogen-bond acceptors (Lipinski definition) is 4. The molecule has 0 radical (unpaired) electrons. The maximum Gasteiger partial charge on any atom is 0.254 e. The highest BCUT2D eigenvalue weighted by Crippen LogP contribution is 2.14. The van der Waals surface area contributed by atoms with Gasteiger partial charge in [-0.25, -0.2) is 0 Å². The summed E-state index contributed by atoms with van der Waals surface area (Å²) in [6.45, 7) is 7.82. The molecule has 0 unspecified atom stereocenters. The summed E-state index contributed by atoms with van der Waals surface area (Å²) < 4.78 is 4.95. The number of amides is 2. The van der Waals surface area contributed by atoms with Crippen molar-refractivity contribution in [1.82, 2.24) is 10.1 Å². The fraction of sp³-hybridized carbons (Fsp3) is 0.476. The molecule has 1 aromatic heterocycles. The van der Waals surface area contributed by atoms with Crippen molar-refractivity contribution in [2.75, 3.05) is 11.9 Å². The molecule has 6 heteroatoms. The zero-order valence-electron chi connectivity index (χ0n) is 16.6. The highest BCUT2D eigenvalue weighted by molar-refractivity contribution is 5.99. The molecule has 2 rings (SSSR count). The summed E-state index contributed by atoms with van der Waals surface area (Å²) in [5.74, 6) is 0.534. The average molecular weight is 371 g/mol. The van der Waals surface area contributed by atoms with Gasteiger partial charge in [0, 0.05) is 17.7 Å². The number of anilines is 1. The van der Waals surface area contributed by atoms with Crippen LogP contribution in [0.2, 0.25) is 0 Å². The lowest BCUT2D eigenvalue weighted by Crippen LogP contribution is -2.43. The molecule has 2 aromatic rings. The van der Waals surface area contributed by atoms with Crippen LogP contribution in [0.5, 0.6) is 0 Å². The molecular formula is C21H29N3O3. The number of nitrogens with one attached hydrogen (secondary N) is 1. The van der Waals surface area contributed by atoms with Crippen LogP contribution in [0.1, 0.15) is 61.7 Å². The molecule has 0 saturated carbocycles. The van der Waals surface area contributed by atoms with Gasteiger partial charge in [0.15, 0.2) is 5.82 Å². The van der Waals surface area contributed by atoms with Gasteiger partial charge in [-0.15, -0.1) is 0 Å². The fourth-order valence-corrected chi connectivity index (χ4v) is 2.77. The Balaban J connectivity index is 2.07. The Bertz CT molecular complexity index is 752. The van der Waals surface area contributed by atoms with E-state index in [1.165, 1.54) is 5.56 Å². The Morgan fingerprint density at radius 2 is 1.93 bits per heavy atom. The molecule has 1 heterocycles. The van der Waals surface area contributed by atoms with Crippen LogP contribution in [0.25, 0.3) is 0 Å². The maximum atomic E-state index is 13.0. The first-order valence-corrected chi connectivity index (χ1v) is 9.57. The molecule has 0 saturated heterocycles. The molecule has 146 valence electrons. The molecule has 0 bridgehead atoms. The number of carbonyl (C=O) groups is 2. The minimum atomic E-state index is -0.295. The number of aromatic nitrogens is 1. The average Bonchev–Trinajstić information content (AvgIpc) is 3.08. The van der Waals surface area contributed by atoms with E-state index in [-0.39, 0.29) is 24.4 Å². The van der Waals surface area contributed by atoms with E-state index in [1.54, 1.807) is 17.9 Å². The molecular weight excluding hydrogens is 342 g/mol. The molecule has 0 aliphatic rings. The summed E-state index contributed by atoms with van der Waals surface area (Å²) in [7, 11) is 0. The minimum Gasteiger partial charge on any atom is -0.360 e. The van der Waals surface area contributed by atoms with Crippen LogP contribution in [-0.4, -0.2) is 34.5 Å². The first-order chi connectivity index (χ1) is 12.9. The van der Waals surface area contributed by atoms with Gasteiger partial charge < -0.3 is 14.7 Å². The van der Waals surface area contributed by atoms with Gasteiger partial charge in [-0.3, -0.25) is 9.59 Å². The number of hydrogen-bond donors (Lipinski definition) is 1. The molecule has 1 aromatic carbocycles. The summed E-state index contributed by atoms with van der Waals surface area (Å²) >= 11 is 0. The van der Waals surface area contributed by atoms with Crippen molar-refractivity contribution in [2.45, 2.75) is 59.4 Å². The van der Waals surface area contributed by atoms with E-state index in [4.69, 9.17) is 4.52 Å². The van der Waals surface area contributed by atoms with Crippen LogP contribution in [0, 0.1) is 6.92 Å². The number of nitrogens with zero attached hydrogens (tertiary/aromatic N) is 2. The van der Waals surface area contributed by atoms with Gasteiger partial charge in [0.25, 0.3) is 5.91 Å². The van der Waals surface area contributed by atoms with Crippen LogP contribution < -0.4 is 5.32 Å². The quantitative estimate of drug-likeness (QED) is 0.716. The number of carbonyl (C=O) groups excluding carboxylic acids is 2. The third-order valence-corrected chi connectivity index (χ3v) is 4.61. The van der Waals surface area contributed by atoms with E-state index in [1.807, 2.05) is 38.1 Å². The molecule has 1 N–H and O–H groups in total. The van der Waals surface area contributed by atoms with Crippen molar-refractivity contribution >= 4 is 17.6 Å². The second kappa shape index (κ2) is 9.90. The second-order valence-corrected chi connectivity index (χ2v) is 6.86. The van der Waals surface area contributed by atoms with Crippen LogP contribution in [0.4, 0.5) is 5.82 Å². The number of unbranched alkanes of at least 4 members (excludes halogenated alkanes) is 1. The van der Waals surface area contributed by atoms with E-state index < -0.39 is 0 Å². The topological polar surface area (TPSA) is 75.4 Å². The summed E-state index contributed by atoms with van der Waals surface area (Å²) in [6, 6.07) is 9.28. The molecule has 2 amide bonds. The minimum absolute atomic E-state index is 0.0304. The molecule has 0 fully saturated rings. The number of aryl methyl sites for hydroxylation is 2. The van der Waals surface area contributed by atoms with Crippen LogP contribution in [0.15, 0.2) is 34.9 Å². The van der Waals surface area contributed by atoms with Gasteiger partial charge in [-0.1, -0.05) is 37.6 Å². The van der Waals surface area contributed by atoms with Crippen LogP contribution in [-0.2, 0) is 11.2 Å². The van der Waals surface area contributed by atoms with E-state index in [2.05, 4.69) is 17.4 Å². The van der Waals surface area contributed by atoms with Crippen molar-refractivity contribution in [3.63, 3.8) is 0 Å². The fourth-order valence-electron chi connectivity index (χ4n) is 2.77. The highest BCUT2D eigenvalue weighted by atomic mass is 16.5. The molecule has 0 aliphatic carbocycles. The monoisotopic (exact) mass is 371 g/mol. The first kappa shape index (κ1) is 20.7. The van der Waals surface area contributed by atoms with Crippen molar-refractivity contribution in [3.05, 3.63) is 47.2 Å². The van der Waals surface area contributed by atoms with Crippen molar-refractivity contribution < 1.29 is 14.1 Å². The lowest BCUT2D eigenvalue weighted by molar-refractivity contribution is -0.117. The van der Waals surface area contributed by atoms with Gasteiger partial charge in [0.1, 0.15) is 12.3 Å². The predicted molar refractivity (Wildman–Crippen MR) is 106 cm³/mol. The van der Waals surface area contributed by atoms with E-state index in [0.29, 0.717) is 17.1 Å². The molecule has 1 atom stereocenters. The standard InChI is InChI=1S/C21H29N3O3/c1-5-7-8-17-9-11-18(12-10-17)21(26)24(15(3)6-2)14-20(25)22-19-13-16(4)27-23-19/h9-13,15H,5-8,14H2,1-4H3,(H,22,23,25)/t15-/m1/s1. The van der Waals surface area contributed by atoms with Gasteiger partial charge in [0.05, 0.1) is 0 Å². The lowest BCUT2D eigenvalue weighted by Gasteiger charge is -2.28. The Hall–Kier alpha value is -2.63. The van der Waals surface area contributed by atoms with E-state index >= 15 is 0 Å². The van der Waals surface area contributed by atoms with Gasteiger partial charge in [-0.05, 0) is 50.8 Å². The Labute approximate surface area is 160 Å². The largest absolute Gasteiger partial charge is 0.360 e. The molecule has 6 nitrogen and oxygen atoms in total. The van der Waals surface area contributed by atoms with Crippen LogP contribution in [0.3, 0.4) is 0 Å². The third-order valence-electron chi connectivity index (χ3n) is 4.61. The summed E-state index contributed by atoms with van der Waals surface area (Å²) in [4.78, 5) is 26.9. The Morgan fingerprint density at radius 3 is 2.48 bits per heavy atom. The zero-order chi connectivity index (χ0) is 19.8. The lowest BCUT2D eigenvalue weighted by atomic mass is 10.0. The first-order valence-electron chi connectivity index (χ1n) is 9.57. The van der Waals surface area contributed by atoms with Crippen molar-refractivity contribution in [2.24, 2.45) is 0 Å². The molecule has 0 spiro atoms. The Morgan fingerprint density at radius 1 is 1.22 bits per heavy atom. The summed E-state index contributed by atoms with van der Waals surface area (Å²) in [5.41, 5.74) is 1.82. The molecule has 27 heavy (non-hydrogen) atoms. The third kappa shape index (κ3) is 5.94. The summed E-state index contributed by atoms with van der Waals surface area (Å²) in [5, 5.41) is 6.43. The van der Waals surface area contributed by atoms with Gasteiger partial charge in [0.2, 0.25) is 5.91 Å². The number of benzene rings is 1. The number of rotatable bonds is 9. The van der Waals surface area contributed by atoms with Gasteiger partial charge in [-0.2, -0.15) is 0 Å². The normalized spacial score (nSPS) is 11.9. The van der Waals surface area contributed by atoms with Crippen molar-refractivity contribution in [1.29, 1.82) is 0 Å². The highest BCUT2D eigenvalue weighted by Gasteiger charge is 2.23. The van der Waals surface area contributed by atoms with Crippen molar-refractivity contribution in [3.8, 4) is 0 Å². The SMILES string of the molecule is CCCCc1ccc(C(=O)N(CC(=O)Nc2cc(C)on2)[C@H](C)CC)cc1. The predicted octanol–water partition coefficient (Wildman–Crippen LogP) is 4.21. The smallest absolute Gasteiger partial charge is 0.254 e. The maximum absolute atomic E-state index is 13.0. The van der Waals surface area contributed by atoms with Crippen LogP contribution >= 0.6 is 0 Å². The zero-order valence-corrected chi connectivity index (χ0v) is 16.6. The second-order valence-electron chi connectivity index (χ2n) is 6.86. The van der Waals surface area contributed by atoms with Gasteiger partial charge >= 0.3 is 0 Å². The van der Waals surface area contributed by atoms with E-state index in [9.17, 15) is 9.59 Å². The summed E-state index contributed by atoms with van der Waals surface area (Å²) in [6.07, 6.45) is 4.05. The van der Waals surface area contributed by atoms with E-state index in [0.717, 1.165) is 25.7 Å².